The molecule has 9 heteroatoms. The van der Waals surface area contributed by atoms with Crippen LogP contribution in [0, 0.1) is 11.6 Å². The van der Waals surface area contributed by atoms with Crippen LogP contribution in [-0.2, 0) is 30.7 Å². The lowest BCUT2D eigenvalue weighted by Crippen LogP contribution is -2.39. The Bertz CT molecular complexity index is 1170. The number of halogens is 2. The molecular formula is C23H26F2N4O2S. The van der Waals surface area contributed by atoms with Gasteiger partial charge in [-0.25, -0.2) is 13.8 Å². The van der Waals surface area contributed by atoms with Crippen molar-refractivity contribution in [3.63, 3.8) is 0 Å². The highest BCUT2D eigenvalue weighted by Crippen LogP contribution is 2.33. The number of aryl methyl sites for hydroxylation is 1. The van der Waals surface area contributed by atoms with Crippen LogP contribution in [-0.4, -0.2) is 53.3 Å². The monoisotopic (exact) mass is 460 g/mol. The Balaban J connectivity index is 1.27. The van der Waals surface area contributed by atoms with Gasteiger partial charge < -0.3 is 10.1 Å². The van der Waals surface area contributed by atoms with E-state index in [1.807, 2.05) is 0 Å². The third-order valence-electron chi connectivity index (χ3n) is 6.38. The molecule has 6 nitrogen and oxygen atoms in total. The second-order valence-electron chi connectivity index (χ2n) is 8.45. The van der Waals surface area contributed by atoms with Gasteiger partial charge in [-0.05, 0) is 42.5 Å². The number of nitrogens with one attached hydrogen (secondary N) is 1. The van der Waals surface area contributed by atoms with Crippen molar-refractivity contribution in [2.75, 3.05) is 32.8 Å². The molecule has 170 valence electrons. The topological polar surface area (TPSA) is 59.4 Å². The molecule has 2 aliphatic rings. The lowest BCUT2D eigenvalue weighted by molar-refractivity contribution is 0.0362. The number of aromatic nitrogens is 2. The van der Waals surface area contributed by atoms with Crippen molar-refractivity contribution in [1.82, 2.24) is 19.8 Å². The fraction of sp³-hybridized carbons (Fsp3) is 0.478. The molecular weight excluding hydrogens is 434 g/mol. The minimum absolute atomic E-state index is 0.0500. The number of nitrogens with zero attached hydrogens (tertiary/aromatic N) is 3. The Morgan fingerprint density at radius 3 is 2.84 bits per heavy atom. The standard InChI is InChI=1S/C23H26F2N4O2S/c24-18-4-1-15(11-19(18)25)13-26-16-2-3-17-20(12-16)32-22-21(17)23(30)29(14-27-22)6-5-28-7-9-31-10-8-28/h1,4,11,14,16,26H,2-3,5-10,12-13H2/t16-/m1/s1. The van der Waals surface area contributed by atoms with Gasteiger partial charge in [-0.3, -0.25) is 14.3 Å². The molecule has 1 fully saturated rings. The molecule has 1 aliphatic heterocycles. The summed E-state index contributed by atoms with van der Waals surface area (Å²) in [7, 11) is 0. The molecule has 2 aromatic heterocycles. The van der Waals surface area contributed by atoms with Gasteiger partial charge in [-0.1, -0.05) is 6.07 Å². The number of benzene rings is 1. The van der Waals surface area contributed by atoms with Crippen LogP contribution in [0.5, 0.6) is 0 Å². The van der Waals surface area contributed by atoms with Crippen molar-refractivity contribution < 1.29 is 13.5 Å². The van der Waals surface area contributed by atoms with Gasteiger partial charge >= 0.3 is 0 Å². The molecule has 1 saturated heterocycles. The number of morpholine rings is 1. The van der Waals surface area contributed by atoms with Crippen LogP contribution >= 0.6 is 11.3 Å². The van der Waals surface area contributed by atoms with E-state index in [1.165, 1.54) is 10.9 Å². The molecule has 0 amide bonds. The van der Waals surface area contributed by atoms with Crippen LogP contribution < -0.4 is 10.9 Å². The molecule has 1 N–H and O–H groups in total. The minimum atomic E-state index is -0.829. The van der Waals surface area contributed by atoms with Gasteiger partial charge in [0.15, 0.2) is 11.6 Å². The zero-order valence-corrected chi connectivity index (χ0v) is 18.6. The van der Waals surface area contributed by atoms with E-state index in [1.54, 1.807) is 28.3 Å². The number of rotatable bonds is 6. The summed E-state index contributed by atoms with van der Waals surface area (Å²) in [5.74, 6) is -1.65. The highest BCUT2D eigenvalue weighted by molar-refractivity contribution is 7.18. The zero-order valence-electron chi connectivity index (χ0n) is 17.8. The molecule has 0 spiro atoms. The lowest BCUT2D eigenvalue weighted by Gasteiger charge is -2.26. The maximum absolute atomic E-state index is 13.4. The van der Waals surface area contributed by atoms with E-state index in [0.717, 1.165) is 79.5 Å². The Hall–Kier alpha value is -2.20. The zero-order chi connectivity index (χ0) is 22.1. The van der Waals surface area contributed by atoms with Gasteiger partial charge in [0.25, 0.3) is 5.56 Å². The average Bonchev–Trinajstić information content (AvgIpc) is 3.18. The van der Waals surface area contributed by atoms with E-state index >= 15 is 0 Å². The van der Waals surface area contributed by atoms with Crippen LogP contribution in [0.25, 0.3) is 10.2 Å². The second kappa shape index (κ2) is 9.35. The number of thiophene rings is 1. The van der Waals surface area contributed by atoms with Crippen molar-refractivity contribution in [2.45, 2.75) is 38.4 Å². The van der Waals surface area contributed by atoms with Crippen molar-refractivity contribution in [3.8, 4) is 0 Å². The van der Waals surface area contributed by atoms with Gasteiger partial charge in [0.1, 0.15) is 4.83 Å². The first-order valence-corrected chi connectivity index (χ1v) is 11.9. The summed E-state index contributed by atoms with van der Waals surface area (Å²) in [5, 5.41) is 4.22. The van der Waals surface area contributed by atoms with Gasteiger partial charge in [-0.2, -0.15) is 0 Å². The van der Waals surface area contributed by atoms with Gasteiger partial charge in [0.2, 0.25) is 0 Å². The van der Waals surface area contributed by atoms with Crippen LogP contribution in [0.15, 0.2) is 29.3 Å². The summed E-state index contributed by atoms with van der Waals surface area (Å²) in [5.41, 5.74) is 1.90. The van der Waals surface area contributed by atoms with Crippen LogP contribution in [0.1, 0.15) is 22.4 Å². The fourth-order valence-corrected chi connectivity index (χ4v) is 5.78. The Morgan fingerprint density at radius 1 is 1.19 bits per heavy atom. The summed E-state index contributed by atoms with van der Waals surface area (Å²) in [6.07, 6.45) is 4.19. The predicted octanol–water partition coefficient (Wildman–Crippen LogP) is 2.72. The third-order valence-corrected chi connectivity index (χ3v) is 7.54. The van der Waals surface area contributed by atoms with Gasteiger partial charge in [0, 0.05) is 43.6 Å². The van der Waals surface area contributed by atoms with Crippen LogP contribution in [0.4, 0.5) is 8.78 Å². The van der Waals surface area contributed by atoms with E-state index in [9.17, 15) is 13.6 Å². The van der Waals surface area contributed by atoms with Crippen molar-refractivity contribution in [1.29, 1.82) is 0 Å². The SMILES string of the molecule is O=c1c2c3c(sc2ncn1CCN1CCOCC1)C[C@H](NCc1ccc(F)c(F)c1)CC3. The Morgan fingerprint density at radius 2 is 2.03 bits per heavy atom. The van der Waals surface area contributed by atoms with E-state index in [0.29, 0.717) is 13.1 Å². The molecule has 1 aliphatic carbocycles. The fourth-order valence-electron chi connectivity index (χ4n) is 4.52. The van der Waals surface area contributed by atoms with E-state index in [-0.39, 0.29) is 11.6 Å². The third kappa shape index (κ3) is 4.47. The summed E-state index contributed by atoms with van der Waals surface area (Å²) in [6, 6.07) is 4.22. The van der Waals surface area contributed by atoms with Crippen molar-refractivity contribution >= 4 is 21.6 Å². The normalized spacial score (nSPS) is 19.4. The number of hydrogen-bond donors (Lipinski definition) is 1. The Kier molecular flexibility index (Phi) is 6.32. The number of ether oxygens (including phenoxy) is 1. The van der Waals surface area contributed by atoms with Crippen LogP contribution in [0.3, 0.4) is 0 Å². The van der Waals surface area contributed by atoms with Crippen LogP contribution in [0.2, 0.25) is 0 Å². The number of fused-ring (bicyclic) bond motifs is 3. The lowest BCUT2D eigenvalue weighted by atomic mass is 9.93. The molecule has 0 saturated carbocycles. The van der Waals surface area contributed by atoms with Gasteiger partial charge in [-0.15, -0.1) is 11.3 Å². The summed E-state index contributed by atoms with van der Waals surface area (Å²) in [4.78, 5) is 22.1. The van der Waals surface area contributed by atoms with E-state index in [2.05, 4.69) is 15.2 Å². The maximum Gasteiger partial charge on any atom is 0.262 e. The predicted molar refractivity (Wildman–Crippen MR) is 120 cm³/mol. The average molecular weight is 461 g/mol. The molecule has 3 heterocycles. The second-order valence-corrected chi connectivity index (χ2v) is 9.53. The first-order chi connectivity index (χ1) is 15.6. The molecule has 0 radical (unpaired) electrons. The Labute approximate surface area is 188 Å². The van der Waals surface area contributed by atoms with Crippen molar-refractivity contribution in [2.24, 2.45) is 0 Å². The van der Waals surface area contributed by atoms with E-state index < -0.39 is 11.6 Å². The molecule has 1 aromatic carbocycles. The van der Waals surface area contributed by atoms with Crippen molar-refractivity contribution in [3.05, 3.63) is 62.5 Å². The molecule has 5 rings (SSSR count). The largest absolute Gasteiger partial charge is 0.379 e. The summed E-state index contributed by atoms with van der Waals surface area (Å²) >= 11 is 1.60. The quantitative estimate of drug-likeness (QED) is 0.613. The first-order valence-electron chi connectivity index (χ1n) is 11.1. The molecule has 1 atom stereocenters. The molecule has 0 bridgehead atoms. The van der Waals surface area contributed by atoms with E-state index in [4.69, 9.17) is 4.74 Å². The number of hydrogen-bond acceptors (Lipinski definition) is 6. The maximum atomic E-state index is 13.4. The highest BCUT2D eigenvalue weighted by Gasteiger charge is 2.25. The highest BCUT2D eigenvalue weighted by atomic mass is 32.1. The smallest absolute Gasteiger partial charge is 0.262 e. The minimum Gasteiger partial charge on any atom is -0.379 e. The molecule has 0 unspecified atom stereocenters. The summed E-state index contributed by atoms with van der Waals surface area (Å²) < 4.78 is 33.7. The van der Waals surface area contributed by atoms with Gasteiger partial charge in [0.05, 0.1) is 24.9 Å². The first kappa shape index (κ1) is 21.6. The molecule has 32 heavy (non-hydrogen) atoms. The molecule has 3 aromatic rings. The summed E-state index contributed by atoms with van der Waals surface area (Å²) in [6.45, 7) is 5.22.